The Bertz CT molecular complexity index is 354. The van der Waals surface area contributed by atoms with Crippen molar-refractivity contribution in [1.29, 1.82) is 5.26 Å². The van der Waals surface area contributed by atoms with E-state index in [1.54, 1.807) is 0 Å². The van der Waals surface area contributed by atoms with Gasteiger partial charge >= 0.3 is 5.97 Å². The maximum atomic E-state index is 12.1. The summed E-state index contributed by atoms with van der Waals surface area (Å²) in [5, 5.41) is 20.7. The highest BCUT2D eigenvalue weighted by Crippen LogP contribution is 2.37. The van der Waals surface area contributed by atoms with Crippen LogP contribution in [-0.2, 0) is 9.59 Å². The fourth-order valence-corrected chi connectivity index (χ4v) is 2.33. The van der Waals surface area contributed by atoms with E-state index in [1.165, 1.54) is 0 Å². The van der Waals surface area contributed by atoms with Gasteiger partial charge in [-0.25, -0.2) is 4.79 Å². The summed E-state index contributed by atoms with van der Waals surface area (Å²) in [6.07, 6.45) is 4.82. The number of rotatable bonds is 6. The predicted octanol–water partition coefficient (Wildman–Crippen LogP) is 1.83. The molecule has 0 saturated heterocycles. The number of carbonyl (C=O) groups excluding carboxylic acids is 1. The first-order chi connectivity index (χ1) is 8.55. The Morgan fingerprint density at radius 3 is 2.50 bits per heavy atom. The van der Waals surface area contributed by atoms with Crippen molar-refractivity contribution in [3.63, 3.8) is 0 Å². The second-order valence-electron chi connectivity index (χ2n) is 4.91. The number of carboxylic acids is 1. The van der Waals surface area contributed by atoms with E-state index in [0.29, 0.717) is 19.3 Å². The third-order valence-electron chi connectivity index (χ3n) is 3.56. The maximum Gasteiger partial charge on any atom is 0.326 e. The molecule has 0 radical (unpaired) electrons. The average Bonchev–Trinajstić information content (AvgIpc) is 2.83. The molecule has 1 atom stereocenters. The van der Waals surface area contributed by atoms with Crippen LogP contribution in [0, 0.1) is 16.7 Å². The summed E-state index contributed by atoms with van der Waals surface area (Å²) in [6, 6.07) is 1.20. The van der Waals surface area contributed by atoms with Gasteiger partial charge in [-0.2, -0.15) is 5.26 Å². The van der Waals surface area contributed by atoms with Crippen LogP contribution < -0.4 is 5.32 Å². The van der Waals surface area contributed by atoms with Gasteiger partial charge < -0.3 is 10.4 Å². The molecule has 5 heteroatoms. The van der Waals surface area contributed by atoms with Gasteiger partial charge in [0.2, 0.25) is 5.91 Å². The van der Waals surface area contributed by atoms with E-state index in [1.807, 2.05) is 6.92 Å². The van der Waals surface area contributed by atoms with Crippen LogP contribution in [0.25, 0.3) is 0 Å². The minimum atomic E-state index is -1.03. The molecule has 0 aromatic rings. The fraction of sp³-hybridized carbons (Fsp3) is 0.769. The second-order valence-corrected chi connectivity index (χ2v) is 4.91. The molecule has 0 bridgehead atoms. The first kappa shape index (κ1) is 14.5. The minimum absolute atomic E-state index is 0.411. The number of unbranched alkanes of at least 4 members (excludes halogenated alkanes) is 1. The number of nitrogens with zero attached hydrogens (tertiary/aromatic N) is 1. The number of amides is 1. The first-order valence-electron chi connectivity index (χ1n) is 6.51. The summed E-state index contributed by atoms with van der Waals surface area (Å²) >= 11 is 0. The van der Waals surface area contributed by atoms with Crippen LogP contribution in [0.15, 0.2) is 0 Å². The second kappa shape index (κ2) is 6.39. The highest BCUT2D eigenvalue weighted by molar-refractivity contribution is 5.89. The van der Waals surface area contributed by atoms with Crippen molar-refractivity contribution < 1.29 is 14.7 Å². The van der Waals surface area contributed by atoms with Gasteiger partial charge in [-0.05, 0) is 19.3 Å². The highest BCUT2D eigenvalue weighted by Gasteiger charge is 2.42. The van der Waals surface area contributed by atoms with Crippen LogP contribution in [0.3, 0.4) is 0 Å². The van der Waals surface area contributed by atoms with E-state index in [2.05, 4.69) is 11.4 Å². The monoisotopic (exact) mass is 252 g/mol. The Morgan fingerprint density at radius 1 is 1.44 bits per heavy atom. The van der Waals surface area contributed by atoms with E-state index < -0.39 is 23.3 Å². The number of carboxylic acid groups (broad SMARTS) is 1. The van der Waals surface area contributed by atoms with Gasteiger partial charge in [0.25, 0.3) is 0 Å². The van der Waals surface area contributed by atoms with Crippen molar-refractivity contribution in [2.24, 2.45) is 5.41 Å². The Labute approximate surface area is 107 Å². The minimum Gasteiger partial charge on any atom is -0.480 e. The van der Waals surface area contributed by atoms with E-state index in [4.69, 9.17) is 10.4 Å². The molecule has 2 N–H and O–H groups in total. The first-order valence-corrected chi connectivity index (χ1v) is 6.51. The summed E-state index contributed by atoms with van der Waals surface area (Å²) in [4.78, 5) is 23.1. The quantitative estimate of drug-likeness (QED) is 0.754. The normalized spacial score (nSPS) is 18.9. The standard InChI is InChI=1S/C13H20N2O3/c1-2-3-6-10(11(16)17)15-12(18)13(9-14)7-4-5-8-13/h10H,2-8H2,1H3,(H,15,18)(H,16,17)/t10-/m0/s1. The molecule has 1 saturated carbocycles. The topological polar surface area (TPSA) is 90.2 Å². The lowest BCUT2D eigenvalue weighted by Crippen LogP contribution is -2.47. The van der Waals surface area contributed by atoms with E-state index in [-0.39, 0.29) is 0 Å². The zero-order chi connectivity index (χ0) is 13.6. The number of carbonyl (C=O) groups is 2. The van der Waals surface area contributed by atoms with Gasteiger partial charge in [0.1, 0.15) is 11.5 Å². The fourth-order valence-electron chi connectivity index (χ4n) is 2.33. The molecule has 18 heavy (non-hydrogen) atoms. The largest absolute Gasteiger partial charge is 0.480 e. The van der Waals surface area contributed by atoms with Crippen molar-refractivity contribution in [2.75, 3.05) is 0 Å². The van der Waals surface area contributed by atoms with Gasteiger partial charge in [-0.15, -0.1) is 0 Å². The molecule has 0 aromatic carbocycles. The third kappa shape index (κ3) is 3.22. The van der Waals surface area contributed by atoms with Crippen LogP contribution in [-0.4, -0.2) is 23.0 Å². The van der Waals surface area contributed by atoms with E-state index in [9.17, 15) is 9.59 Å². The van der Waals surface area contributed by atoms with Crippen molar-refractivity contribution in [1.82, 2.24) is 5.32 Å². The molecule has 1 fully saturated rings. The van der Waals surface area contributed by atoms with Crippen LogP contribution in [0.2, 0.25) is 0 Å². The van der Waals surface area contributed by atoms with E-state index in [0.717, 1.165) is 25.7 Å². The van der Waals surface area contributed by atoms with Crippen LogP contribution in [0.5, 0.6) is 0 Å². The maximum absolute atomic E-state index is 12.1. The predicted molar refractivity (Wildman–Crippen MR) is 65.6 cm³/mol. The number of nitriles is 1. The zero-order valence-corrected chi connectivity index (χ0v) is 10.7. The lowest BCUT2D eigenvalue weighted by molar-refractivity contribution is -0.143. The Hall–Kier alpha value is -1.57. The molecule has 0 unspecified atom stereocenters. The Morgan fingerprint density at radius 2 is 2.06 bits per heavy atom. The molecule has 0 heterocycles. The van der Waals surface area contributed by atoms with Crippen molar-refractivity contribution >= 4 is 11.9 Å². The van der Waals surface area contributed by atoms with Gasteiger partial charge in [0.05, 0.1) is 6.07 Å². The SMILES string of the molecule is CCCC[C@H](NC(=O)C1(C#N)CCCC1)C(=O)O. The van der Waals surface area contributed by atoms with Crippen LogP contribution in [0.1, 0.15) is 51.9 Å². The molecule has 100 valence electrons. The van der Waals surface area contributed by atoms with Gasteiger partial charge in [0.15, 0.2) is 0 Å². The molecule has 1 aliphatic rings. The molecule has 0 aliphatic heterocycles. The van der Waals surface area contributed by atoms with Crippen LogP contribution in [0.4, 0.5) is 0 Å². The summed E-state index contributed by atoms with van der Waals surface area (Å²) in [5.74, 6) is -1.44. The van der Waals surface area contributed by atoms with Crippen LogP contribution >= 0.6 is 0 Å². The molecule has 1 rings (SSSR count). The summed E-state index contributed by atoms with van der Waals surface area (Å²) in [5.41, 5.74) is -1.00. The molecule has 5 nitrogen and oxygen atoms in total. The number of nitrogens with one attached hydrogen (secondary N) is 1. The molecular formula is C13H20N2O3. The van der Waals surface area contributed by atoms with E-state index >= 15 is 0 Å². The zero-order valence-electron chi connectivity index (χ0n) is 10.7. The van der Waals surface area contributed by atoms with Gasteiger partial charge in [-0.3, -0.25) is 4.79 Å². The highest BCUT2D eigenvalue weighted by atomic mass is 16.4. The summed E-state index contributed by atoms with van der Waals surface area (Å²) in [7, 11) is 0. The van der Waals surface area contributed by atoms with Crippen molar-refractivity contribution in [3.05, 3.63) is 0 Å². The van der Waals surface area contributed by atoms with Gasteiger partial charge in [-0.1, -0.05) is 32.6 Å². The smallest absolute Gasteiger partial charge is 0.326 e. The van der Waals surface area contributed by atoms with Crippen molar-refractivity contribution in [3.8, 4) is 6.07 Å². The molecule has 0 aromatic heterocycles. The Balaban J connectivity index is 2.66. The molecular weight excluding hydrogens is 232 g/mol. The average molecular weight is 252 g/mol. The summed E-state index contributed by atoms with van der Waals surface area (Å²) in [6.45, 7) is 1.97. The number of hydrogen-bond acceptors (Lipinski definition) is 3. The van der Waals surface area contributed by atoms with Crippen molar-refractivity contribution in [2.45, 2.75) is 57.9 Å². The number of aliphatic carboxylic acids is 1. The Kier molecular flexibility index (Phi) is 5.14. The lowest BCUT2D eigenvalue weighted by Gasteiger charge is -2.22. The molecule has 1 aliphatic carbocycles. The third-order valence-corrected chi connectivity index (χ3v) is 3.56. The molecule has 1 amide bonds. The molecule has 0 spiro atoms. The summed E-state index contributed by atoms with van der Waals surface area (Å²) < 4.78 is 0. The van der Waals surface area contributed by atoms with Gasteiger partial charge in [0, 0.05) is 0 Å². The number of hydrogen-bond donors (Lipinski definition) is 2. The lowest BCUT2D eigenvalue weighted by atomic mass is 9.86.